The van der Waals surface area contributed by atoms with Crippen LogP contribution in [0.5, 0.6) is 0 Å². The Morgan fingerprint density at radius 3 is 2.82 bits per heavy atom. The van der Waals surface area contributed by atoms with Crippen LogP contribution in [0.25, 0.3) is 0 Å². The van der Waals surface area contributed by atoms with Crippen molar-refractivity contribution in [2.75, 3.05) is 0 Å². The lowest BCUT2D eigenvalue weighted by atomic mass is 9.82. The van der Waals surface area contributed by atoms with Gasteiger partial charge >= 0.3 is 0 Å². The summed E-state index contributed by atoms with van der Waals surface area (Å²) >= 11 is 0. The van der Waals surface area contributed by atoms with Gasteiger partial charge in [0.25, 0.3) is 0 Å². The molecule has 0 radical (unpaired) electrons. The van der Waals surface area contributed by atoms with Crippen LogP contribution >= 0.6 is 0 Å². The molecule has 11 heavy (non-hydrogen) atoms. The van der Waals surface area contributed by atoms with Crippen LogP contribution in [-0.4, -0.2) is 22.4 Å². The van der Waals surface area contributed by atoms with Gasteiger partial charge in [0.15, 0.2) is 0 Å². The van der Waals surface area contributed by atoms with E-state index in [-0.39, 0.29) is 18.1 Å². The van der Waals surface area contributed by atoms with Crippen LogP contribution in [0.15, 0.2) is 23.8 Å². The Balaban J connectivity index is 2.23. The molecule has 2 rings (SSSR count). The second kappa shape index (κ2) is 2.47. The fourth-order valence-corrected chi connectivity index (χ4v) is 1.87. The summed E-state index contributed by atoms with van der Waals surface area (Å²) in [4.78, 5) is 0. The number of aliphatic hydroxyl groups excluding tert-OH is 2. The van der Waals surface area contributed by atoms with Gasteiger partial charge in [-0.05, 0) is 18.4 Å². The molecule has 2 aliphatic carbocycles. The highest BCUT2D eigenvalue weighted by Gasteiger charge is 2.32. The van der Waals surface area contributed by atoms with Crippen LogP contribution in [0.1, 0.15) is 12.8 Å². The molecule has 0 bridgehead atoms. The van der Waals surface area contributed by atoms with E-state index in [1.165, 1.54) is 0 Å². The van der Waals surface area contributed by atoms with E-state index in [1.54, 1.807) is 0 Å². The average Bonchev–Trinajstić information content (AvgIpc) is 2.45. The highest BCUT2D eigenvalue weighted by molar-refractivity contribution is 5.32. The van der Waals surface area contributed by atoms with Gasteiger partial charge < -0.3 is 10.2 Å². The van der Waals surface area contributed by atoms with Crippen LogP contribution in [0, 0.1) is 5.92 Å². The summed E-state index contributed by atoms with van der Waals surface area (Å²) in [7, 11) is 0. The van der Waals surface area contributed by atoms with Gasteiger partial charge in [-0.15, -0.1) is 0 Å². The van der Waals surface area contributed by atoms with E-state index in [2.05, 4.69) is 0 Å². The lowest BCUT2D eigenvalue weighted by Crippen LogP contribution is -2.31. The Morgan fingerprint density at radius 1 is 1.27 bits per heavy atom. The van der Waals surface area contributed by atoms with Crippen molar-refractivity contribution in [1.29, 1.82) is 0 Å². The number of fused-ring (bicyclic) bond motifs is 1. The molecule has 3 atom stereocenters. The van der Waals surface area contributed by atoms with Crippen molar-refractivity contribution in [3.05, 3.63) is 23.8 Å². The van der Waals surface area contributed by atoms with Gasteiger partial charge in [-0.1, -0.05) is 18.2 Å². The van der Waals surface area contributed by atoms with Crippen molar-refractivity contribution < 1.29 is 10.2 Å². The summed E-state index contributed by atoms with van der Waals surface area (Å²) < 4.78 is 0. The van der Waals surface area contributed by atoms with E-state index in [1.807, 2.05) is 18.2 Å². The third-order valence-electron chi connectivity index (χ3n) is 2.53. The normalized spacial score (nSPS) is 42.0. The quantitative estimate of drug-likeness (QED) is 0.534. The summed E-state index contributed by atoms with van der Waals surface area (Å²) in [5.41, 5.74) is 0.990. The number of allylic oxidation sites excluding steroid dienone is 2. The Hall–Kier alpha value is -0.600. The predicted molar refractivity (Wildman–Crippen MR) is 42.0 cm³/mol. The number of rotatable bonds is 0. The molecule has 1 fully saturated rings. The van der Waals surface area contributed by atoms with Gasteiger partial charge in [0.1, 0.15) is 0 Å². The van der Waals surface area contributed by atoms with Gasteiger partial charge in [0.05, 0.1) is 12.2 Å². The minimum Gasteiger partial charge on any atom is -0.392 e. The largest absolute Gasteiger partial charge is 0.392 e. The van der Waals surface area contributed by atoms with Crippen molar-refractivity contribution in [2.45, 2.75) is 25.0 Å². The molecular weight excluding hydrogens is 140 g/mol. The molecule has 2 nitrogen and oxygen atoms in total. The lowest BCUT2D eigenvalue weighted by Gasteiger charge is -2.29. The number of aliphatic hydroxyl groups is 2. The van der Waals surface area contributed by atoms with Gasteiger partial charge in [0.2, 0.25) is 0 Å². The molecule has 0 aromatic heterocycles. The minimum atomic E-state index is -0.321. The zero-order valence-electron chi connectivity index (χ0n) is 6.27. The van der Waals surface area contributed by atoms with E-state index in [9.17, 15) is 10.2 Å². The van der Waals surface area contributed by atoms with Gasteiger partial charge in [-0.25, -0.2) is 0 Å². The zero-order valence-corrected chi connectivity index (χ0v) is 6.27. The molecule has 0 aromatic rings. The summed E-state index contributed by atoms with van der Waals surface area (Å²) in [6.45, 7) is 0. The molecule has 0 saturated heterocycles. The van der Waals surface area contributed by atoms with Crippen LogP contribution in [0.4, 0.5) is 0 Å². The van der Waals surface area contributed by atoms with Crippen molar-refractivity contribution in [1.82, 2.24) is 0 Å². The lowest BCUT2D eigenvalue weighted by molar-refractivity contribution is 0.0680. The average molecular weight is 152 g/mol. The standard InChI is InChI=1S/C9H12O2/c10-8-4-5-9(11)7-3-1-2-6(7)8/h1-3,6,8-11H,4-5H2. The Morgan fingerprint density at radius 2 is 2.09 bits per heavy atom. The van der Waals surface area contributed by atoms with Crippen molar-refractivity contribution >= 4 is 0 Å². The van der Waals surface area contributed by atoms with Crippen LogP contribution < -0.4 is 0 Å². The number of hydrogen-bond donors (Lipinski definition) is 2. The SMILES string of the molecule is OC1CCC(O)C2C=CC=C12. The molecule has 2 heteroatoms. The highest BCUT2D eigenvalue weighted by Crippen LogP contribution is 2.34. The highest BCUT2D eigenvalue weighted by atomic mass is 16.3. The molecule has 60 valence electrons. The van der Waals surface area contributed by atoms with Crippen LogP contribution in [0.2, 0.25) is 0 Å². The molecule has 2 N–H and O–H groups in total. The molecule has 0 heterocycles. The summed E-state index contributed by atoms with van der Waals surface area (Å²) in [5, 5.41) is 19.0. The maximum Gasteiger partial charge on any atom is 0.0760 e. The minimum absolute atomic E-state index is 0.0961. The molecule has 2 aliphatic rings. The summed E-state index contributed by atoms with van der Waals surface area (Å²) in [6, 6.07) is 0. The fraction of sp³-hybridized carbons (Fsp3) is 0.556. The Labute approximate surface area is 65.9 Å². The van der Waals surface area contributed by atoms with Gasteiger partial charge in [0, 0.05) is 5.92 Å². The van der Waals surface area contributed by atoms with E-state index < -0.39 is 0 Å². The zero-order chi connectivity index (χ0) is 7.84. The maximum absolute atomic E-state index is 9.49. The Kier molecular flexibility index (Phi) is 1.59. The Bertz CT molecular complexity index is 218. The van der Waals surface area contributed by atoms with Crippen molar-refractivity contribution in [2.24, 2.45) is 5.92 Å². The first-order chi connectivity index (χ1) is 5.29. The molecular formula is C9H12O2. The first kappa shape index (κ1) is 7.07. The summed E-state index contributed by atoms with van der Waals surface area (Å²) in [5.74, 6) is 0.0961. The molecule has 0 spiro atoms. The molecule has 1 saturated carbocycles. The fourth-order valence-electron chi connectivity index (χ4n) is 1.87. The first-order valence-electron chi connectivity index (χ1n) is 4.03. The monoisotopic (exact) mass is 152 g/mol. The van der Waals surface area contributed by atoms with E-state index in [0.717, 1.165) is 5.57 Å². The third kappa shape index (κ3) is 1.03. The smallest absolute Gasteiger partial charge is 0.0760 e. The van der Waals surface area contributed by atoms with Crippen LogP contribution in [0.3, 0.4) is 0 Å². The molecule has 0 aliphatic heterocycles. The van der Waals surface area contributed by atoms with E-state index in [4.69, 9.17) is 0 Å². The van der Waals surface area contributed by atoms with Crippen molar-refractivity contribution in [3.8, 4) is 0 Å². The second-order valence-corrected chi connectivity index (χ2v) is 3.24. The first-order valence-corrected chi connectivity index (χ1v) is 4.03. The molecule has 3 unspecified atom stereocenters. The third-order valence-corrected chi connectivity index (χ3v) is 2.53. The predicted octanol–water partition coefficient (Wildman–Crippen LogP) is 0.614. The van der Waals surface area contributed by atoms with Gasteiger partial charge in [-0.2, -0.15) is 0 Å². The second-order valence-electron chi connectivity index (χ2n) is 3.24. The molecule has 0 aromatic carbocycles. The summed E-state index contributed by atoms with van der Waals surface area (Å²) in [6.07, 6.45) is 6.61. The topological polar surface area (TPSA) is 40.5 Å². The number of hydrogen-bond acceptors (Lipinski definition) is 2. The van der Waals surface area contributed by atoms with Crippen LogP contribution in [-0.2, 0) is 0 Å². The van der Waals surface area contributed by atoms with E-state index in [0.29, 0.717) is 12.8 Å². The van der Waals surface area contributed by atoms with Crippen molar-refractivity contribution in [3.63, 3.8) is 0 Å². The molecule has 0 amide bonds. The van der Waals surface area contributed by atoms with Gasteiger partial charge in [-0.3, -0.25) is 0 Å². The van der Waals surface area contributed by atoms with E-state index >= 15 is 0 Å². The maximum atomic E-state index is 9.49.